The quantitative estimate of drug-likeness (QED) is 0.511. The molecule has 0 N–H and O–H groups in total. The highest BCUT2D eigenvalue weighted by Gasteiger charge is 2.29. The summed E-state index contributed by atoms with van der Waals surface area (Å²) in [5, 5.41) is 0. The molecule has 0 bridgehead atoms. The highest BCUT2D eigenvalue weighted by Crippen LogP contribution is 2.30. The second-order valence-electron chi connectivity index (χ2n) is 4.14. The Morgan fingerprint density at radius 2 is 2.00 bits per heavy atom. The van der Waals surface area contributed by atoms with Crippen LogP contribution in [0.4, 0.5) is 8.78 Å². The Hall–Kier alpha value is -1.77. The van der Waals surface area contributed by atoms with Gasteiger partial charge in [-0.25, -0.2) is 8.78 Å². The standard InChI is InChI=1S/C13H10F2N/c1-8-2-3-12-13-9(7-16(12)6-8)4-10(14)5-11(13)15/h2-6H,7H2,1H3/q+1. The second-order valence-corrected chi connectivity index (χ2v) is 4.14. The van der Waals surface area contributed by atoms with E-state index in [0.29, 0.717) is 17.7 Å². The lowest BCUT2D eigenvalue weighted by molar-refractivity contribution is -0.672. The van der Waals surface area contributed by atoms with Gasteiger partial charge in [0.05, 0.1) is 5.56 Å². The van der Waals surface area contributed by atoms with Gasteiger partial charge < -0.3 is 0 Å². The van der Waals surface area contributed by atoms with Crippen molar-refractivity contribution in [3.63, 3.8) is 0 Å². The number of aryl methyl sites for hydroxylation is 1. The van der Waals surface area contributed by atoms with Crippen LogP contribution in [0.2, 0.25) is 0 Å². The van der Waals surface area contributed by atoms with Crippen molar-refractivity contribution in [1.82, 2.24) is 0 Å². The van der Waals surface area contributed by atoms with Gasteiger partial charge in [-0.15, -0.1) is 0 Å². The molecule has 1 aliphatic heterocycles. The van der Waals surface area contributed by atoms with Gasteiger partial charge >= 0.3 is 0 Å². The number of hydrogen-bond donors (Lipinski definition) is 0. The van der Waals surface area contributed by atoms with Crippen LogP contribution in [0.5, 0.6) is 0 Å². The van der Waals surface area contributed by atoms with Gasteiger partial charge in [-0.3, -0.25) is 0 Å². The molecule has 3 heteroatoms. The predicted octanol–water partition coefficient (Wildman–Crippen LogP) is 2.59. The van der Waals surface area contributed by atoms with Gasteiger partial charge in [0.15, 0.2) is 12.7 Å². The summed E-state index contributed by atoms with van der Waals surface area (Å²) in [4.78, 5) is 0. The average Bonchev–Trinajstić information content (AvgIpc) is 2.54. The Morgan fingerprint density at radius 3 is 2.81 bits per heavy atom. The molecule has 1 aromatic heterocycles. The van der Waals surface area contributed by atoms with Gasteiger partial charge in [-0.05, 0) is 19.1 Å². The van der Waals surface area contributed by atoms with Crippen LogP contribution < -0.4 is 4.57 Å². The number of fused-ring (bicyclic) bond motifs is 3. The van der Waals surface area contributed by atoms with Crippen molar-refractivity contribution < 1.29 is 13.3 Å². The maximum atomic E-state index is 13.7. The topological polar surface area (TPSA) is 3.88 Å². The van der Waals surface area contributed by atoms with E-state index in [9.17, 15) is 8.78 Å². The molecular weight excluding hydrogens is 208 g/mol. The van der Waals surface area contributed by atoms with Crippen molar-refractivity contribution in [2.75, 3.05) is 0 Å². The van der Waals surface area contributed by atoms with E-state index in [1.165, 1.54) is 6.07 Å². The summed E-state index contributed by atoms with van der Waals surface area (Å²) in [6, 6.07) is 6.15. The minimum absolute atomic E-state index is 0.481. The van der Waals surface area contributed by atoms with E-state index in [2.05, 4.69) is 0 Å². The minimum atomic E-state index is -0.513. The molecule has 2 heterocycles. The van der Waals surface area contributed by atoms with Crippen LogP contribution in [0.3, 0.4) is 0 Å². The molecule has 0 unspecified atom stereocenters. The van der Waals surface area contributed by atoms with Gasteiger partial charge in [-0.2, -0.15) is 4.57 Å². The molecule has 0 atom stereocenters. The largest absolute Gasteiger partial charge is 0.216 e. The van der Waals surface area contributed by atoms with Crippen LogP contribution >= 0.6 is 0 Å². The summed E-state index contributed by atoms with van der Waals surface area (Å²) in [7, 11) is 0. The van der Waals surface area contributed by atoms with E-state index in [1.807, 2.05) is 29.8 Å². The van der Waals surface area contributed by atoms with E-state index in [1.54, 1.807) is 0 Å². The Bertz CT molecular complexity index is 591. The zero-order chi connectivity index (χ0) is 11.3. The summed E-state index contributed by atoms with van der Waals surface area (Å²) in [6.45, 7) is 2.52. The number of pyridine rings is 1. The third-order valence-electron chi connectivity index (χ3n) is 2.91. The number of benzene rings is 1. The van der Waals surface area contributed by atoms with Crippen molar-refractivity contribution in [1.29, 1.82) is 0 Å². The molecule has 3 rings (SSSR count). The summed E-state index contributed by atoms with van der Waals surface area (Å²) >= 11 is 0. The number of halogens is 2. The fourth-order valence-corrected chi connectivity index (χ4v) is 2.24. The fourth-order valence-electron chi connectivity index (χ4n) is 2.24. The summed E-state index contributed by atoms with van der Waals surface area (Å²) < 4.78 is 28.7. The van der Waals surface area contributed by atoms with Gasteiger partial charge in [0.25, 0.3) is 0 Å². The van der Waals surface area contributed by atoms with Crippen molar-refractivity contribution in [3.8, 4) is 11.3 Å². The van der Waals surface area contributed by atoms with Gasteiger partial charge in [0.2, 0.25) is 5.69 Å². The molecule has 0 saturated carbocycles. The summed E-state index contributed by atoms with van der Waals surface area (Å²) in [5.74, 6) is -0.994. The normalized spacial score (nSPS) is 12.4. The smallest absolute Gasteiger partial charge is 0.207 e. The minimum Gasteiger partial charge on any atom is -0.207 e. The Kier molecular flexibility index (Phi) is 1.84. The van der Waals surface area contributed by atoms with Crippen LogP contribution in [0, 0.1) is 18.6 Å². The van der Waals surface area contributed by atoms with E-state index in [0.717, 1.165) is 17.3 Å². The van der Waals surface area contributed by atoms with Gasteiger partial charge in [0, 0.05) is 23.3 Å². The maximum Gasteiger partial charge on any atom is 0.216 e. The molecule has 0 fully saturated rings. The fraction of sp³-hybridized carbons (Fsp3) is 0.154. The first-order valence-corrected chi connectivity index (χ1v) is 5.13. The van der Waals surface area contributed by atoms with Crippen molar-refractivity contribution in [3.05, 3.63) is 53.2 Å². The number of nitrogens with zero attached hydrogens (tertiary/aromatic N) is 1. The molecule has 80 valence electrons. The Morgan fingerprint density at radius 1 is 1.19 bits per heavy atom. The first kappa shape index (κ1) is 9.46. The lowest BCUT2D eigenvalue weighted by Crippen LogP contribution is -2.32. The highest BCUT2D eigenvalue weighted by atomic mass is 19.1. The van der Waals surface area contributed by atoms with Crippen molar-refractivity contribution >= 4 is 0 Å². The first-order chi connectivity index (χ1) is 7.65. The molecule has 0 spiro atoms. The molecule has 0 radical (unpaired) electrons. The molecule has 0 saturated heterocycles. The third-order valence-corrected chi connectivity index (χ3v) is 2.91. The van der Waals surface area contributed by atoms with E-state index in [-0.39, 0.29) is 0 Å². The lowest BCUT2D eigenvalue weighted by atomic mass is 10.1. The monoisotopic (exact) mass is 218 g/mol. The zero-order valence-electron chi connectivity index (χ0n) is 8.80. The zero-order valence-corrected chi connectivity index (χ0v) is 8.80. The van der Waals surface area contributed by atoms with Crippen LogP contribution in [0.25, 0.3) is 11.3 Å². The Labute approximate surface area is 92.0 Å². The van der Waals surface area contributed by atoms with Crippen molar-refractivity contribution in [2.24, 2.45) is 0 Å². The molecule has 1 aliphatic rings. The van der Waals surface area contributed by atoms with Crippen LogP contribution in [0.15, 0.2) is 30.5 Å². The molecule has 0 amide bonds. The van der Waals surface area contributed by atoms with Gasteiger partial charge in [-0.1, -0.05) is 0 Å². The van der Waals surface area contributed by atoms with Gasteiger partial charge in [0.1, 0.15) is 11.6 Å². The molecule has 2 aromatic rings. The van der Waals surface area contributed by atoms with E-state index in [4.69, 9.17) is 0 Å². The summed E-state index contributed by atoms with van der Waals surface area (Å²) in [6.07, 6.45) is 1.95. The SMILES string of the molecule is Cc1ccc2[n+](c1)Cc1cc(F)cc(F)c1-2. The second kappa shape index (κ2) is 3.11. The molecular formula is C13H10F2N+. The van der Waals surface area contributed by atoms with E-state index < -0.39 is 11.6 Å². The molecule has 0 aliphatic carbocycles. The van der Waals surface area contributed by atoms with E-state index >= 15 is 0 Å². The Balaban J connectivity index is 2.29. The maximum absolute atomic E-state index is 13.7. The summed E-state index contributed by atoms with van der Waals surface area (Å²) in [5.41, 5.74) is 3.17. The third kappa shape index (κ3) is 1.24. The number of rotatable bonds is 0. The van der Waals surface area contributed by atoms with Crippen LogP contribution in [0.1, 0.15) is 11.1 Å². The van der Waals surface area contributed by atoms with Crippen LogP contribution in [-0.4, -0.2) is 0 Å². The van der Waals surface area contributed by atoms with Crippen LogP contribution in [-0.2, 0) is 6.54 Å². The number of hydrogen-bond acceptors (Lipinski definition) is 0. The molecule has 16 heavy (non-hydrogen) atoms. The highest BCUT2D eigenvalue weighted by molar-refractivity contribution is 5.64. The lowest BCUT2D eigenvalue weighted by Gasteiger charge is -1.97. The van der Waals surface area contributed by atoms with Crippen molar-refractivity contribution in [2.45, 2.75) is 13.5 Å². The molecule has 1 aromatic carbocycles. The number of aromatic nitrogens is 1. The molecule has 1 nitrogen and oxygen atoms in total. The predicted molar refractivity (Wildman–Crippen MR) is 55.8 cm³/mol. The average molecular weight is 218 g/mol. The first-order valence-electron chi connectivity index (χ1n) is 5.13.